The van der Waals surface area contributed by atoms with Crippen molar-refractivity contribution in [1.29, 1.82) is 0 Å². The first-order valence-corrected chi connectivity index (χ1v) is 2.14. The van der Waals surface area contributed by atoms with Gasteiger partial charge in [-0.15, -0.1) is 0 Å². The minimum absolute atomic E-state index is 0.463. The number of hydrogen-bond donors (Lipinski definition) is 0. The zero-order chi connectivity index (χ0) is 6.57. The predicted octanol–water partition coefficient (Wildman–Crippen LogP) is 0.346. The average molecular weight is 114 g/mol. The molecule has 0 spiro atoms. The Balaban J connectivity index is 3.75. The number of methoxy groups -OCH3 is 1. The van der Waals surface area contributed by atoms with E-state index in [0.29, 0.717) is 5.76 Å². The molecule has 45 valence electrons. The van der Waals surface area contributed by atoms with Crippen LogP contribution in [0.4, 0.5) is 0 Å². The van der Waals surface area contributed by atoms with Crippen molar-refractivity contribution in [3.63, 3.8) is 0 Å². The topological polar surface area (TPSA) is 50.1 Å². The van der Waals surface area contributed by atoms with Gasteiger partial charge in [-0.05, 0) is 6.92 Å². The van der Waals surface area contributed by atoms with Gasteiger partial charge in [0.05, 0.1) is 12.9 Å². The highest BCUT2D eigenvalue weighted by molar-refractivity contribution is 5.85. The summed E-state index contributed by atoms with van der Waals surface area (Å²) in [7, 11) is 1.45. The molecule has 0 aliphatic carbocycles. The molecule has 0 saturated carbocycles. The standard InChI is InChI=1S/C5H8NO2/c1-4(8-2)3-5(6)7/h3,6H,1-2H3/b4-3-. The smallest absolute Gasteiger partial charge is 0.265 e. The summed E-state index contributed by atoms with van der Waals surface area (Å²) in [6.07, 6.45) is 1.11. The van der Waals surface area contributed by atoms with Crippen molar-refractivity contribution in [2.24, 2.45) is 0 Å². The number of amides is 1. The third-order valence-electron chi connectivity index (χ3n) is 0.656. The maximum atomic E-state index is 9.92. The van der Waals surface area contributed by atoms with Crippen LogP contribution in [0.3, 0.4) is 0 Å². The molecule has 3 heteroatoms. The van der Waals surface area contributed by atoms with Gasteiger partial charge in [-0.1, -0.05) is 0 Å². The Morgan fingerprint density at radius 3 is 2.38 bits per heavy atom. The highest BCUT2D eigenvalue weighted by atomic mass is 16.5. The van der Waals surface area contributed by atoms with Gasteiger partial charge in [0.2, 0.25) is 0 Å². The average Bonchev–Trinajstić information content (AvgIpc) is 1.65. The second kappa shape index (κ2) is 3.07. The maximum absolute atomic E-state index is 9.92. The van der Waals surface area contributed by atoms with Crippen LogP contribution in [-0.4, -0.2) is 13.0 Å². The molecular weight excluding hydrogens is 106 g/mol. The fourth-order valence-corrected chi connectivity index (χ4v) is 0.244. The third kappa shape index (κ3) is 3.21. The van der Waals surface area contributed by atoms with Gasteiger partial charge in [0.25, 0.3) is 5.91 Å². The van der Waals surface area contributed by atoms with Crippen molar-refractivity contribution in [3.05, 3.63) is 11.8 Å². The maximum Gasteiger partial charge on any atom is 0.265 e. The molecule has 8 heavy (non-hydrogen) atoms. The van der Waals surface area contributed by atoms with Crippen LogP contribution in [0, 0.1) is 0 Å². The fourth-order valence-electron chi connectivity index (χ4n) is 0.244. The Labute approximate surface area is 48.1 Å². The summed E-state index contributed by atoms with van der Waals surface area (Å²) in [5.74, 6) is -0.269. The molecule has 1 N–H and O–H groups in total. The largest absolute Gasteiger partial charge is 0.501 e. The lowest BCUT2D eigenvalue weighted by Crippen LogP contribution is -1.93. The summed E-state index contributed by atoms with van der Waals surface area (Å²) in [6.45, 7) is 1.62. The van der Waals surface area contributed by atoms with Crippen molar-refractivity contribution >= 4 is 5.91 Å². The minimum Gasteiger partial charge on any atom is -0.501 e. The van der Waals surface area contributed by atoms with Crippen LogP contribution in [0.25, 0.3) is 0 Å². The zero-order valence-corrected chi connectivity index (χ0v) is 4.89. The van der Waals surface area contributed by atoms with E-state index in [4.69, 9.17) is 5.73 Å². The van der Waals surface area contributed by atoms with Crippen LogP contribution in [0.1, 0.15) is 6.92 Å². The highest BCUT2D eigenvalue weighted by Gasteiger charge is 1.88. The number of ether oxygens (including phenoxy) is 1. The molecule has 1 radical (unpaired) electrons. The molecule has 0 aromatic rings. The van der Waals surface area contributed by atoms with Crippen LogP contribution in [-0.2, 0) is 9.53 Å². The molecule has 0 rings (SSSR count). The van der Waals surface area contributed by atoms with Crippen LogP contribution in [0.15, 0.2) is 11.8 Å². The second-order valence-corrected chi connectivity index (χ2v) is 1.32. The molecule has 0 aliphatic heterocycles. The summed E-state index contributed by atoms with van der Waals surface area (Å²) in [5.41, 5.74) is 6.42. The Bertz CT molecular complexity index is 118. The van der Waals surface area contributed by atoms with Crippen LogP contribution in [0.2, 0.25) is 0 Å². The molecule has 0 aromatic carbocycles. The molecule has 0 heterocycles. The van der Waals surface area contributed by atoms with Gasteiger partial charge in [-0.25, -0.2) is 0 Å². The molecule has 0 unspecified atom stereocenters. The molecule has 0 bridgehead atoms. The first-order chi connectivity index (χ1) is 3.66. The van der Waals surface area contributed by atoms with Gasteiger partial charge in [0, 0.05) is 6.08 Å². The van der Waals surface area contributed by atoms with E-state index in [2.05, 4.69) is 4.74 Å². The van der Waals surface area contributed by atoms with Crippen molar-refractivity contribution in [2.45, 2.75) is 6.92 Å². The van der Waals surface area contributed by atoms with Gasteiger partial charge in [0.15, 0.2) is 0 Å². The lowest BCUT2D eigenvalue weighted by Gasteiger charge is -1.92. The van der Waals surface area contributed by atoms with Gasteiger partial charge >= 0.3 is 0 Å². The summed E-state index contributed by atoms with van der Waals surface area (Å²) in [6, 6.07) is 0. The van der Waals surface area contributed by atoms with Gasteiger partial charge in [-0.2, -0.15) is 0 Å². The summed E-state index contributed by atoms with van der Waals surface area (Å²) < 4.78 is 4.58. The van der Waals surface area contributed by atoms with Gasteiger partial charge in [0.1, 0.15) is 0 Å². The number of rotatable bonds is 2. The predicted molar refractivity (Wildman–Crippen MR) is 28.9 cm³/mol. The lowest BCUT2D eigenvalue weighted by atomic mass is 10.5. The highest BCUT2D eigenvalue weighted by Crippen LogP contribution is 1.89. The number of carbonyl (C=O) groups is 1. The van der Waals surface area contributed by atoms with E-state index in [1.165, 1.54) is 7.11 Å². The summed E-state index contributed by atoms with van der Waals surface area (Å²) >= 11 is 0. The number of carbonyl (C=O) groups excluding carboxylic acids is 1. The van der Waals surface area contributed by atoms with Crippen molar-refractivity contribution in [3.8, 4) is 0 Å². The van der Waals surface area contributed by atoms with Crippen molar-refractivity contribution < 1.29 is 9.53 Å². The minimum atomic E-state index is -0.732. The first kappa shape index (κ1) is 7.01. The Morgan fingerprint density at radius 1 is 1.75 bits per heavy atom. The van der Waals surface area contributed by atoms with Gasteiger partial charge < -0.3 is 4.74 Å². The van der Waals surface area contributed by atoms with Gasteiger partial charge in [-0.3, -0.25) is 10.5 Å². The van der Waals surface area contributed by atoms with E-state index in [-0.39, 0.29) is 0 Å². The number of allylic oxidation sites excluding steroid dienone is 1. The number of nitrogens with one attached hydrogen (secondary N) is 1. The van der Waals surface area contributed by atoms with E-state index in [1.807, 2.05) is 0 Å². The molecular formula is C5H8NO2. The monoisotopic (exact) mass is 114 g/mol. The fraction of sp³-hybridized carbons (Fsp3) is 0.400. The Hall–Kier alpha value is -0.990. The second-order valence-electron chi connectivity index (χ2n) is 1.32. The van der Waals surface area contributed by atoms with Crippen LogP contribution < -0.4 is 5.73 Å². The molecule has 0 atom stereocenters. The summed E-state index contributed by atoms with van der Waals surface area (Å²) in [5, 5.41) is 0. The van der Waals surface area contributed by atoms with E-state index in [9.17, 15) is 4.79 Å². The Morgan fingerprint density at radius 2 is 2.25 bits per heavy atom. The molecule has 0 fully saturated rings. The van der Waals surface area contributed by atoms with E-state index >= 15 is 0 Å². The van der Waals surface area contributed by atoms with Crippen molar-refractivity contribution in [2.75, 3.05) is 7.11 Å². The number of hydrogen-bond acceptors (Lipinski definition) is 2. The first-order valence-electron chi connectivity index (χ1n) is 2.14. The normalized spacial score (nSPS) is 11.0. The van der Waals surface area contributed by atoms with E-state index in [0.717, 1.165) is 6.08 Å². The lowest BCUT2D eigenvalue weighted by molar-refractivity contribution is -0.114. The van der Waals surface area contributed by atoms with Crippen molar-refractivity contribution in [1.82, 2.24) is 5.73 Å². The molecule has 0 aliphatic rings. The van der Waals surface area contributed by atoms with E-state index < -0.39 is 5.91 Å². The molecule has 0 saturated heterocycles. The van der Waals surface area contributed by atoms with Crippen LogP contribution >= 0.6 is 0 Å². The van der Waals surface area contributed by atoms with Crippen LogP contribution in [0.5, 0.6) is 0 Å². The molecule has 0 aromatic heterocycles. The SMILES string of the molecule is CO/C(C)=C\C([NH])=O. The molecule has 1 amide bonds. The quantitative estimate of drug-likeness (QED) is 0.384. The Kier molecular flexibility index (Phi) is 2.69. The summed E-state index contributed by atoms with van der Waals surface area (Å²) in [4.78, 5) is 9.92. The molecule has 3 nitrogen and oxygen atoms in total. The third-order valence-corrected chi connectivity index (χ3v) is 0.656. The van der Waals surface area contributed by atoms with E-state index in [1.54, 1.807) is 6.92 Å². The zero-order valence-electron chi connectivity index (χ0n) is 4.89.